The number of para-hydroxylation sites is 1. The Labute approximate surface area is 144 Å². The summed E-state index contributed by atoms with van der Waals surface area (Å²) in [7, 11) is 0. The number of amides is 2. The van der Waals surface area contributed by atoms with Gasteiger partial charge in [-0.3, -0.25) is 9.59 Å². The second kappa shape index (κ2) is 7.44. The molecule has 1 aliphatic carbocycles. The molecular weight excluding hydrogens is 326 g/mol. The molecule has 0 aliphatic heterocycles. The van der Waals surface area contributed by atoms with E-state index in [9.17, 15) is 9.59 Å². The van der Waals surface area contributed by atoms with Gasteiger partial charge in [-0.25, -0.2) is 4.98 Å². The van der Waals surface area contributed by atoms with E-state index in [-0.39, 0.29) is 18.4 Å². The topological polar surface area (TPSA) is 80.3 Å². The molecule has 0 spiro atoms. The maximum Gasteiger partial charge on any atom is 0.255 e. The molecule has 0 bridgehead atoms. The molecule has 126 valence electrons. The number of aryl methyl sites for hydroxylation is 2. The first-order valence-corrected chi connectivity index (χ1v) is 8.77. The van der Waals surface area contributed by atoms with Crippen LogP contribution in [0.3, 0.4) is 0 Å². The molecule has 0 fully saturated rings. The van der Waals surface area contributed by atoms with Gasteiger partial charge in [0.15, 0.2) is 5.13 Å². The molecule has 3 rings (SSSR count). The van der Waals surface area contributed by atoms with Crippen molar-refractivity contribution < 1.29 is 14.3 Å². The van der Waals surface area contributed by atoms with E-state index in [0.29, 0.717) is 23.1 Å². The van der Waals surface area contributed by atoms with Crippen LogP contribution in [0.4, 0.5) is 5.13 Å². The van der Waals surface area contributed by atoms with Crippen molar-refractivity contribution >= 4 is 28.3 Å². The lowest BCUT2D eigenvalue weighted by molar-refractivity contribution is -0.115. The quantitative estimate of drug-likeness (QED) is 0.842. The van der Waals surface area contributed by atoms with Crippen LogP contribution in [-0.2, 0) is 17.6 Å². The summed E-state index contributed by atoms with van der Waals surface area (Å²) >= 11 is 1.51. The van der Waals surface area contributed by atoms with Gasteiger partial charge in [-0.1, -0.05) is 12.1 Å². The number of anilines is 1. The minimum atomic E-state index is -0.337. The number of nitrogens with zero attached hydrogens (tertiary/aromatic N) is 1. The highest BCUT2D eigenvalue weighted by molar-refractivity contribution is 7.15. The van der Waals surface area contributed by atoms with E-state index in [2.05, 4.69) is 15.6 Å². The Balaban J connectivity index is 1.55. The van der Waals surface area contributed by atoms with Crippen LogP contribution in [0, 0.1) is 0 Å². The van der Waals surface area contributed by atoms with E-state index in [4.69, 9.17) is 4.74 Å². The van der Waals surface area contributed by atoms with E-state index in [0.717, 1.165) is 25.0 Å². The third kappa shape index (κ3) is 3.73. The van der Waals surface area contributed by atoms with Gasteiger partial charge in [0, 0.05) is 4.88 Å². The second-order valence-corrected chi connectivity index (χ2v) is 6.49. The molecule has 6 nitrogen and oxygen atoms in total. The first kappa shape index (κ1) is 16.4. The third-order valence-corrected chi connectivity index (χ3v) is 4.76. The smallest absolute Gasteiger partial charge is 0.255 e. The van der Waals surface area contributed by atoms with Gasteiger partial charge in [-0.05, 0) is 38.3 Å². The predicted octanol–water partition coefficient (Wildman–Crippen LogP) is 2.40. The summed E-state index contributed by atoms with van der Waals surface area (Å²) < 4.78 is 5.43. The average Bonchev–Trinajstić information content (AvgIpc) is 3.15. The summed E-state index contributed by atoms with van der Waals surface area (Å²) in [4.78, 5) is 29.9. The average molecular weight is 345 g/mol. The summed E-state index contributed by atoms with van der Waals surface area (Å²) in [5.74, 6) is -0.116. The number of ether oxygens (including phenoxy) is 1. The van der Waals surface area contributed by atoms with Crippen LogP contribution in [0.2, 0.25) is 0 Å². The highest BCUT2D eigenvalue weighted by Gasteiger charge is 2.18. The Morgan fingerprint density at radius 1 is 1.29 bits per heavy atom. The fraction of sp³-hybridized carbons (Fsp3) is 0.353. The normalized spacial score (nSPS) is 12.5. The van der Waals surface area contributed by atoms with Gasteiger partial charge in [-0.15, -0.1) is 11.3 Å². The van der Waals surface area contributed by atoms with Crippen LogP contribution in [0.5, 0.6) is 5.75 Å². The van der Waals surface area contributed by atoms with Gasteiger partial charge in [0.05, 0.1) is 24.4 Å². The first-order valence-electron chi connectivity index (χ1n) is 7.96. The zero-order valence-corrected chi connectivity index (χ0v) is 14.2. The first-order chi connectivity index (χ1) is 11.7. The van der Waals surface area contributed by atoms with Gasteiger partial charge in [0.1, 0.15) is 5.75 Å². The third-order valence-electron chi connectivity index (χ3n) is 3.68. The number of thiazole rings is 1. The number of rotatable bonds is 6. The van der Waals surface area contributed by atoms with E-state index in [1.54, 1.807) is 24.3 Å². The fourth-order valence-corrected chi connectivity index (χ4v) is 3.66. The van der Waals surface area contributed by atoms with E-state index in [1.165, 1.54) is 16.2 Å². The molecule has 1 aromatic carbocycles. The van der Waals surface area contributed by atoms with Crippen molar-refractivity contribution in [3.63, 3.8) is 0 Å². The second-order valence-electron chi connectivity index (χ2n) is 5.40. The Hall–Kier alpha value is -2.41. The molecule has 0 atom stereocenters. The number of aromatic nitrogens is 1. The van der Waals surface area contributed by atoms with Gasteiger partial charge < -0.3 is 15.4 Å². The lowest BCUT2D eigenvalue weighted by Crippen LogP contribution is -2.33. The molecular formula is C17H19N3O3S. The van der Waals surface area contributed by atoms with Gasteiger partial charge in [0.25, 0.3) is 5.91 Å². The molecule has 1 heterocycles. The van der Waals surface area contributed by atoms with E-state index < -0.39 is 0 Å². The summed E-state index contributed by atoms with van der Waals surface area (Å²) in [5.41, 5.74) is 1.50. The molecule has 2 aromatic rings. The lowest BCUT2D eigenvalue weighted by atomic mass is 10.2. The largest absolute Gasteiger partial charge is 0.493 e. The molecule has 0 saturated heterocycles. The number of hydrogen-bond donors (Lipinski definition) is 2. The standard InChI is InChI=1S/C17H19N3O3S/c1-2-23-13-8-4-3-6-11(13)16(22)18-10-15(21)20-17-19-12-7-5-9-14(12)24-17/h3-4,6,8H,2,5,7,9-10H2,1H3,(H,18,22)(H,19,20,21). The van der Waals surface area contributed by atoms with Crippen molar-refractivity contribution in [1.29, 1.82) is 0 Å². The molecule has 1 aromatic heterocycles. The van der Waals surface area contributed by atoms with Crippen LogP contribution >= 0.6 is 11.3 Å². The minimum Gasteiger partial charge on any atom is -0.493 e. The van der Waals surface area contributed by atoms with Crippen molar-refractivity contribution in [1.82, 2.24) is 10.3 Å². The monoisotopic (exact) mass is 345 g/mol. The van der Waals surface area contributed by atoms with E-state index >= 15 is 0 Å². The Bertz CT molecular complexity index is 736. The van der Waals surface area contributed by atoms with E-state index in [1.807, 2.05) is 6.92 Å². The number of benzene rings is 1. The molecule has 24 heavy (non-hydrogen) atoms. The van der Waals surface area contributed by atoms with Crippen molar-refractivity contribution in [2.75, 3.05) is 18.5 Å². The van der Waals surface area contributed by atoms with Crippen LogP contribution in [0.15, 0.2) is 24.3 Å². The summed E-state index contributed by atoms with van der Waals surface area (Å²) in [6.07, 6.45) is 3.15. The number of carbonyl (C=O) groups excluding carboxylic acids is 2. The Morgan fingerprint density at radius 2 is 2.12 bits per heavy atom. The number of nitrogens with one attached hydrogen (secondary N) is 2. The van der Waals surface area contributed by atoms with Crippen LogP contribution in [0.1, 0.15) is 34.3 Å². The fourth-order valence-electron chi connectivity index (χ4n) is 2.60. The van der Waals surface area contributed by atoms with Gasteiger partial charge in [-0.2, -0.15) is 0 Å². The summed E-state index contributed by atoms with van der Waals surface area (Å²) in [5, 5.41) is 5.96. The molecule has 2 N–H and O–H groups in total. The zero-order chi connectivity index (χ0) is 16.9. The van der Waals surface area contributed by atoms with Crippen molar-refractivity contribution in [3.8, 4) is 5.75 Å². The molecule has 1 aliphatic rings. The van der Waals surface area contributed by atoms with Gasteiger partial charge >= 0.3 is 0 Å². The minimum absolute atomic E-state index is 0.108. The maximum atomic E-state index is 12.2. The molecule has 7 heteroatoms. The highest BCUT2D eigenvalue weighted by atomic mass is 32.1. The number of fused-ring (bicyclic) bond motifs is 1. The lowest BCUT2D eigenvalue weighted by Gasteiger charge is -2.10. The molecule has 2 amide bonds. The maximum absolute atomic E-state index is 12.2. The van der Waals surface area contributed by atoms with Crippen LogP contribution in [-0.4, -0.2) is 29.9 Å². The predicted molar refractivity (Wildman–Crippen MR) is 92.7 cm³/mol. The summed E-state index contributed by atoms with van der Waals surface area (Å²) in [6, 6.07) is 6.96. The van der Waals surface area contributed by atoms with Crippen molar-refractivity contribution in [2.45, 2.75) is 26.2 Å². The van der Waals surface area contributed by atoms with Gasteiger partial charge in [0.2, 0.25) is 5.91 Å². The molecule has 0 saturated carbocycles. The number of hydrogen-bond acceptors (Lipinski definition) is 5. The van der Waals surface area contributed by atoms with Crippen LogP contribution in [0.25, 0.3) is 0 Å². The van der Waals surface area contributed by atoms with Crippen molar-refractivity contribution in [2.24, 2.45) is 0 Å². The van der Waals surface area contributed by atoms with Crippen LogP contribution < -0.4 is 15.4 Å². The van der Waals surface area contributed by atoms with Crippen molar-refractivity contribution in [3.05, 3.63) is 40.4 Å². The zero-order valence-electron chi connectivity index (χ0n) is 13.4. The SMILES string of the molecule is CCOc1ccccc1C(=O)NCC(=O)Nc1nc2c(s1)CCC2. The number of carbonyl (C=O) groups is 2. The molecule has 0 radical (unpaired) electrons. The Morgan fingerprint density at radius 3 is 2.92 bits per heavy atom. The highest BCUT2D eigenvalue weighted by Crippen LogP contribution is 2.30. The Kier molecular flexibility index (Phi) is 5.10. The summed E-state index contributed by atoms with van der Waals surface area (Å²) in [6.45, 7) is 2.22. The molecule has 0 unspecified atom stereocenters.